The van der Waals surface area contributed by atoms with Crippen molar-refractivity contribution < 1.29 is 38.5 Å². The van der Waals surface area contributed by atoms with Gasteiger partial charge in [-0.15, -0.1) is 0 Å². The number of aliphatic hydroxyl groups is 1. The number of aliphatic hydroxyl groups excluding tert-OH is 1. The lowest BCUT2D eigenvalue weighted by Crippen LogP contribution is -3.14. The fraction of sp³-hybridized carbons (Fsp3) is 0.407. The number of fused-ring (bicyclic) bond motifs is 1. The van der Waals surface area contributed by atoms with Crippen molar-refractivity contribution in [3.63, 3.8) is 0 Å². The van der Waals surface area contributed by atoms with Crippen molar-refractivity contribution in [2.75, 3.05) is 59.2 Å². The highest BCUT2D eigenvalue weighted by Gasteiger charge is 2.46. The summed E-state index contributed by atoms with van der Waals surface area (Å²) in [5, 5.41) is 11.4. The molecule has 3 heterocycles. The van der Waals surface area contributed by atoms with Crippen LogP contribution in [-0.2, 0) is 14.3 Å². The first-order chi connectivity index (χ1) is 17.6. The van der Waals surface area contributed by atoms with Gasteiger partial charge in [-0.3, -0.25) is 9.59 Å². The average Bonchev–Trinajstić information content (AvgIpc) is 3.17. The molecular weight excluding hydrogens is 464 g/mol. The summed E-state index contributed by atoms with van der Waals surface area (Å²) in [6, 6.07) is 11.6. The third-order valence-electron chi connectivity index (χ3n) is 6.77. The maximum absolute atomic E-state index is 13.3. The SMILES string of the molecule is CCOc1ccc([C@H]2C(=C(O)c3ccc4c(c3)OCCO4)C(=O)C(=O)N2CC[NH+]2CCOCC2)cc1. The molecule has 0 unspecified atom stereocenters. The van der Waals surface area contributed by atoms with Crippen LogP contribution in [0.15, 0.2) is 48.0 Å². The summed E-state index contributed by atoms with van der Waals surface area (Å²) in [7, 11) is 0. The Hall–Kier alpha value is -3.56. The number of Topliss-reactive ketones (excluding diaryl/α,β-unsaturated/α-hetero) is 1. The molecule has 0 aliphatic carbocycles. The molecular formula is C27H31N2O7+. The number of carbonyl (C=O) groups is 2. The zero-order chi connectivity index (χ0) is 25.1. The molecule has 1 atom stereocenters. The van der Waals surface area contributed by atoms with Gasteiger partial charge in [-0.1, -0.05) is 12.1 Å². The number of nitrogens with zero attached hydrogens (tertiary/aromatic N) is 1. The van der Waals surface area contributed by atoms with Crippen molar-refractivity contribution in [3.05, 3.63) is 59.2 Å². The second kappa shape index (κ2) is 10.6. The Balaban J connectivity index is 1.52. The van der Waals surface area contributed by atoms with E-state index in [0.29, 0.717) is 68.9 Å². The Bertz CT molecular complexity index is 1160. The zero-order valence-corrected chi connectivity index (χ0v) is 20.3. The van der Waals surface area contributed by atoms with E-state index in [1.807, 2.05) is 31.2 Å². The summed E-state index contributed by atoms with van der Waals surface area (Å²) in [4.78, 5) is 29.4. The van der Waals surface area contributed by atoms with Gasteiger partial charge in [-0.05, 0) is 42.8 Å². The molecule has 3 aliphatic rings. The summed E-state index contributed by atoms with van der Waals surface area (Å²) in [5.41, 5.74) is 1.19. The first kappa shape index (κ1) is 24.1. The lowest BCUT2D eigenvalue weighted by molar-refractivity contribution is -0.907. The highest BCUT2D eigenvalue weighted by Crippen LogP contribution is 2.41. The Kier molecular flexibility index (Phi) is 7.11. The maximum atomic E-state index is 13.3. The number of quaternary nitrogens is 1. The van der Waals surface area contributed by atoms with Crippen LogP contribution in [0.4, 0.5) is 0 Å². The molecule has 36 heavy (non-hydrogen) atoms. The first-order valence-corrected chi connectivity index (χ1v) is 12.4. The van der Waals surface area contributed by atoms with E-state index in [1.54, 1.807) is 23.1 Å². The number of amides is 1. The molecule has 2 fully saturated rings. The Labute approximate surface area is 209 Å². The number of rotatable bonds is 7. The van der Waals surface area contributed by atoms with Crippen LogP contribution in [0.25, 0.3) is 5.76 Å². The lowest BCUT2D eigenvalue weighted by Gasteiger charge is -2.29. The number of nitrogens with one attached hydrogen (secondary N) is 1. The van der Waals surface area contributed by atoms with Gasteiger partial charge in [0.05, 0.1) is 44.5 Å². The van der Waals surface area contributed by atoms with Crippen LogP contribution in [0.2, 0.25) is 0 Å². The third-order valence-corrected chi connectivity index (χ3v) is 6.77. The smallest absolute Gasteiger partial charge is 0.295 e. The van der Waals surface area contributed by atoms with Crippen LogP contribution in [0, 0.1) is 0 Å². The third kappa shape index (κ3) is 4.76. The number of morpholine rings is 1. The minimum absolute atomic E-state index is 0.0674. The van der Waals surface area contributed by atoms with Crippen molar-refractivity contribution in [2.45, 2.75) is 13.0 Å². The first-order valence-electron chi connectivity index (χ1n) is 12.4. The molecule has 0 radical (unpaired) electrons. The van der Waals surface area contributed by atoms with Crippen LogP contribution < -0.4 is 19.1 Å². The molecule has 2 aromatic rings. The van der Waals surface area contributed by atoms with Crippen molar-refractivity contribution in [1.29, 1.82) is 0 Å². The number of ether oxygens (including phenoxy) is 4. The minimum atomic E-state index is -0.714. The monoisotopic (exact) mass is 495 g/mol. The van der Waals surface area contributed by atoms with Crippen molar-refractivity contribution in [1.82, 2.24) is 4.90 Å². The van der Waals surface area contributed by atoms with E-state index in [9.17, 15) is 14.7 Å². The quantitative estimate of drug-likeness (QED) is 0.338. The van der Waals surface area contributed by atoms with Gasteiger partial charge in [-0.2, -0.15) is 0 Å². The second-order valence-electron chi connectivity index (χ2n) is 8.97. The summed E-state index contributed by atoms with van der Waals surface area (Å²) < 4.78 is 22.2. The molecule has 2 aromatic carbocycles. The van der Waals surface area contributed by atoms with Gasteiger partial charge < -0.3 is 33.9 Å². The predicted octanol–water partition coefficient (Wildman–Crippen LogP) is 1.19. The van der Waals surface area contributed by atoms with Gasteiger partial charge in [-0.25, -0.2) is 0 Å². The summed E-state index contributed by atoms with van der Waals surface area (Å²) in [5.74, 6) is 0.231. The van der Waals surface area contributed by atoms with E-state index in [1.165, 1.54) is 4.90 Å². The normalized spacial score (nSPS) is 21.6. The summed E-state index contributed by atoms with van der Waals surface area (Å²) in [6.07, 6.45) is 0. The molecule has 9 heteroatoms. The zero-order valence-electron chi connectivity index (χ0n) is 20.3. The Morgan fingerprint density at radius 1 is 1.03 bits per heavy atom. The fourth-order valence-corrected chi connectivity index (χ4v) is 4.91. The van der Waals surface area contributed by atoms with Crippen molar-refractivity contribution in [2.24, 2.45) is 0 Å². The highest BCUT2D eigenvalue weighted by atomic mass is 16.6. The average molecular weight is 496 g/mol. The van der Waals surface area contributed by atoms with Gasteiger partial charge in [0.25, 0.3) is 11.7 Å². The lowest BCUT2D eigenvalue weighted by atomic mass is 9.95. The number of likely N-dealkylation sites (tertiary alicyclic amines) is 1. The van der Waals surface area contributed by atoms with E-state index >= 15 is 0 Å². The van der Waals surface area contributed by atoms with Crippen LogP contribution in [-0.4, -0.2) is 80.9 Å². The standard InChI is InChI=1S/C27H30N2O7/c1-2-34-20-6-3-18(4-7-20)24-23(25(30)19-5-8-21-22(17-19)36-16-15-35-21)26(31)27(32)29(24)10-9-28-11-13-33-14-12-28/h3-8,17,24,30H,2,9-16H2,1H3/p+1/t24-/m0/s1. The molecule has 2 N–H and O–H groups in total. The highest BCUT2D eigenvalue weighted by molar-refractivity contribution is 6.46. The number of ketones is 1. The van der Waals surface area contributed by atoms with Gasteiger partial charge in [0, 0.05) is 5.56 Å². The maximum Gasteiger partial charge on any atom is 0.295 e. The Morgan fingerprint density at radius 3 is 2.47 bits per heavy atom. The number of hydrogen-bond donors (Lipinski definition) is 2. The van der Waals surface area contributed by atoms with E-state index < -0.39 is 17.7 Å². The molecule has 190 valence electrons. The van der Waals surface area contributed by atoms with E-state index in [0.717, 1.165) is 18.7 Å². The molecule has 3 aliphatic heterocycles. The number of benzene rings is 2. The van der Waals surface area contributed by atoms with Crippen LogP contribution in [0.5, 0.6) is 17.2 Å². The van der Waals surface area contributed by atoms with Crippen LogP contribution in [0.3, 0.4) is 0 Å². The number of carbonyl (C=O) groups excluding carboxylic acids is 2. The van der Waals surface area contributed by atoms with Crippen LogP contribution >= 0.6 is 0 Å². The summed E-state index contributed by atoms with van der Waals surface area (Å²) >= 11 is 0. The van der Waals surface area contributed by atoms with E-state index in [-0.39, 0.29) is 11.3 Å². The molecule has 0 spiro atoms. The van der Waals surface area contributed by atoms with Crippen molar-refractivity contribution in [3.8, 4) is 17.2 Å². The molecule has 5 rings (SSSR count). The van der Waals surface area contributed by atoms with Gasteiger partial charge >= 0.3 is 0 Å². The minimum Gasteiger partial charge on any atom is -0.507 e. The molecule has 0 saturated carbocycles. The predicted molar refractivity (Wildman–Crippen MR) is 130 cm³/mol. The van der Waals surface area contributed by atoms with Crippen molar-refractivity contribution >= 4 is 17.4 Å². The molecule has 0 bridgehead atoms. The number of hydrogen-bond acceptors (Lipinski definition) is 7. The molecule has 2 saturated heterocycles. The largest absolute Gasteiger partial charge is 0.507 e. The fourth-order valence-electron chi connectivity index (χ4n) is 4.91. The van der Waals surface area contributed by atoms with E-state index in [2.05, 4.69) is 0 Å². The second-order valence-corrected chi connectivity index (χ2v) is 8.97. The van der Waals surface area contributed by atoms with Crippen LogP contribution in [0.1, 0.15) is 24.1 Å². The topological polar surface area (TPSA) is 99.0 Å². The molecule has 1 amide bonds. The Morgan fingerprint density at radius 2 is 1.75 bits per heavy atom. The van der Waals surface area contributed by atoms with Gasteiger partial charge in [0.1, 0.15) is 37.8 Å². The van der Waals surface area contributed by atoms with E-state index in [4.69, 9.17) is 18.9 Å². The van der Waals surface area contributed by atoms with Gasteiger partial charge in [0.2, 0.25) is 0 Å². The summed E-state index contributed by atoms with van der Waals surface area (Å²) in [6.45, 7) is 7.44. The van der Waals surface area contributed by atoms with Gasteiger partial charge in [0.15, 0.2) is 11.5 Å². The molecule has 9 nitrogen and oxygen atoms in total. The molecule has 0 aromatic heterocycles.